The van der Waals surface area contributed by atoms with Gasteiger partial charge in [0.1, 0.15) is 0 Å². The summed E-state index contributed by atoms with van der Waals surface area (Å²) in [5.74, 6) is 0.505. The second-order valence-corrected chi connectivity index (χ2v) is 3.76. The molecule has 0 aromatic carbocycles. The standard InChI is InChI=1S/C10H11N3O/c1-10(2)3-4-11-6-8(5-10)9-13-12-7-14-9/h3-7H,1-2H3. The summed E-state index contributed by atoms with van der Waals surface area (Å²) in [6.07, 6.45) is 8.88. The Morgan fingerprint density at radius 3 is 2.93 bits per heavy atom. The first-order valence-electron chi connectivity index (χ1n) is 4.38. The van der Waals surface area contributed by atoms with Crippen LogP contribution in [-0.4, -0.2) is 16.4 Å². The van der Waals surface area contributed by atoms with Crippen molar-refractivity contribution in [1.82, 2.24) is 10.2 Å². The fourth-order valence-electron chi connectivity index (χ4n) is 1.26. The molecule has 0 saturated heterocycles. The molecule has 4 heteroatoms. The zero-order valence-electron chi connectivity index (χ0n) is 8.14. The topological polar surface area (TPSA) is 51.3 Å². The van der Waals surface area contributed by atoms with E-state index in [0.717, 1.165) is 5.57 Å². The summed E-state index contributed by atoms with van der Waals surface area (Å²) >= 11 is 0. The summed E-state index contributed by atoms with van der Waals surface area (Å²) < 4.78 is 5.11. The SMILES string of the molecule is CC1(C)C=CN=CC(c2nnco2)=C1. The van der Waals surface area contributed by atoms with Gasteiger partial charge in [-0.1, -0.05) is 26.0 Å². The molecule has 1 aromatic heterocycles. The maximum Gasteiger partial charge on any atom is 0.248 e. The number of allylic oxidation sites excluding steroid dienone is 3. The van der Waals surface area contributed by atoms with Crippen LogP contribution in [0, 0.1) is 5.41 Å². The molecule has 1 aromatic rings. The van der Waals surface area contributed by atoms with Crippen LogP contribution in [0.5, 0.6) is 0 Å². The monoisotopic (exact) mass is 189 g/mol. The molecule has 2 heterocycles. The van der Waals surface area contributed by atoms with Gasteiger partial charge in [0.15, 0.2) is 0 Å². The van der Waals surface area contributed by atoms with E-state index in [-0.39, 0.29) is 5.41 Å². The molecule has 0 bridgehead atoms. The Hall–Kier alpha value is -1.71. The highest BCUT2D eigenvalue weighted by molar-refractivity contribution is 6.08. The van der Waals surface area contributed by atoms with Crippen LogP contribution in [0.2, 0.25) is 0 Å². The molecule has 0 radical (unpaired) electrons. The molecule has 1 aliphatic heterocycles. The number of hydrogen-bond acceptors (Lipinski definition) is 4. The van der Waals surface area contributed by atoms with Gasteiger partial charge >= 0.3 is 0 Å². The largest absolute Gasteiger partial charge is 0.423 e. The Labute approximate surface area is 82.1 Å². The minimum absolute atomic E-state index is 0.0414. The van der Waals surface area contributed by atoms with Gasteiger partial charge in [-0.25, -0.2) is 0 Å². The van der Waals surface area contributed by atoms with E-state index < -0.39 is 0 Å². The van der Waals surface area contributed by atoms with E-state index in [2.05, 4.69) is 29.0 Å². The Balaban J connectivity index is 2.41. The third kappa shape index (κ3) is 1.79. The number of aromatic nitrogens is 2. The highest BCUT2D eigenvalue weighted by Gasteiger charge is 2.16. The molecule has 2 rings (SSSR count). The van der Waals surface area contributed by atoms with Crippen molar-refractivity contribution in [2.45, 2.75) is 13.8 Å². The summed E-state index contributed by atoms with van der Waals surface area (Å²) in [6, 6.07) is 0. The van der Waals surface area contributed by atoms with E-state index in [4.69, 9.17) is 4.42 Å². The van der Waals surface area contributed by atoms with Crippen LogP contribution in [0.3, 0.4) is 0 Å². The van der Waals surface area contributed by atoms with Crippen molar-refractivity contribution in [3.63, 3.8) is 0 Å². The van der Waals surface area contributed by atoms with E-state index in [1.807, 2.05) is 12.2 Å². The van der Waals surface area contributed by atoms with Crippen LogP contribution in [0.25, 0.3) is 5.57 Å². The molecular weight excluding hydrogens is 178 g/mol. The van der Waals surface area contributed by atoms with Gasteiger partial charge in [0.2, 0.25) is 12.3 Å². The van der Waals surface area contributed by atoms with Crippen molar-refractivity contribution in [3.8, 4) is 0 Å². The quantitative estimate of drug-likeness (QED) is 0.679. The summed E-state index contributed by atoms with van der Waals surface area (Å²) in [5, 5.41) is 7.48. The summed E-state index contributed by atoms with van der Waals surface area (Å²) in [4.78, 5) is 4.10. The molecule has 0 spiro atoms. The molecule has 0 unspecified atom stereocenters. The Bertz CT molecular complexity index is 399. The smallest absolute Gasteiger partial charge is 0.248 e. The first-order chi connectivity index (χ1) is 6.67. The van der Waals surface area contributed by atoms with E-state index in [1.54, 1.807) is 12.4 Å². The van der Waals surface area contributed by atoms with E-state index in [1.165, 1.54) is 6.39 Å². The number of rotatable bonds is 1. The van der Waals surface area contributed by atoms with Gasteiger partial charge in [-0.2, -0.15) is 0 Å². The van der Waals surface area contributed by atoms with Crippen molar-refractivity contribution in [2.75, 3.05) is 0 Å². The average molecular weight is 189 g/mol. The van der Waals surface area contributed by atoms with Crippen LogP contribution in [0.15, 0.2) is 34.2 Å². The molecule has 0 amide bonds. The summed E-state index contributed by atoms with van der Waals surface area (Å²) in [7, 11) is 0. The lowest BCUT2D eigenvalue weighted by Gasteiger charge is -2.13. The fraction of sp³-hybridized carbons (Fsp3) is 0.300. The van der Waals surface area contributed by atoms with Crippen LogP contribution in [0.1, 0.15) is 19.7 Å². The van der Waals surface area contributed by atoms with Crippen LogP contribution in [-0.2, 0) is 0 Å². The number of nitrogens with zero attached hydrogens (tertiary/aromatic N) is 3. The van der Waals surface area contributed by atoms with Gasteiger partial charge in [-0.05, 0) is 0 Å². The maximum absolute atomic E-state index is 5.11. The average Bonchev–Trinajstić information content (AvgIpc) is 2.57. The van der Waals surface area contributed by atoms with Gasteiger partial charge in [-0.15, -0.1) is 10.2 Å². The molecule has 4 nitrogen and oxygen atoms in total. The zero-order chi connectivity index (χ0) is 10.0. The maximum atomic E-state index is 5.11. The normalized spacial score (nSPS) is 19.1. The molecule has 0 fully saturated rings. The van der Waals surface area contributed by atoms with E-state index in [9.17, 15) is 0 Å². The molecule has 0 aliphatic carbocycles. The summed E-state index contributed by atoms with van der Waals surface area (Å²) in [6.45, 7) is 4.18. The molecule has 0 saturated carbocycles. The number of aliphatic imine (C=N–C) groups is 1. The number of hydrogen-bond donors (Lipinski definition) is 0. The van der Waals surface area contributed by atoms with E-state index in [0.29, 0.717) is 5.89 Å². The molecular formula is C10H11N3O. The Kier molecular flexibility index (Phi) is 2.04. The highest BCUT2D eigenvalue weighted by Crippen LogP contribution is 2.25. The predicted molar refractivity (Wildman–Crippen MR) is 53.7 cm³/mol. The van der Waals surface area contributed by atoms with Crippen LogP contribution < -0.4 is 0 Å². The molecule has 72 valence electrons. The Morgan fingerprint density at radius 1 is 1.36 bits per heavy atom. The van der Waals surface area contributed by atoms with Crippen molar-refractivity contribution in [1.29, 1.82) is 0 Å². The van der Waals surface area contributed by atoms with Gasteiger partial charge in [0.25, 0.3) is 0 Å². The lowest BCUT2D eigenvalue weighted by molar-refractivity contribution is 0.538. The Morgan fingerprint density at radius 2 is 2.21 bits per heavy atom. The van der Waals surface area contributed by atoms with E-state index >= 15 is 0 Å². The third-order valence-electron chi connectivity index (χ3n) is 1.94. The van der Waals surface area contributed by atoms with Crippen molar-refractivity contribution in [2.24, 2.45) is 10.4 Å². The van der Waals surface area contributed by atoms with Crippen molar-refractivity contribution >= 4 is 11.8 Å². The first kappa shape index (κ1) is 8.87. The second kappa shape index (κ2) is 3.21. The van der Waals surface area contributed by atoms with Gasteiger partial charge in [-0.3, -0.25) is 4.99 Å². The predicted octanol–water partition coefficient (Wildman–Crippen LogP) is 2.08. The minimum Gasteiger partial charge on any atom is -0.423 e. The molecule has 14 heavy (non-hydrogen) atoms. The van der Waals surface area contributed by atoms with Gasteiger partial charge in [0, 0.05) is 17.8 Å². The van der Waals surface area contributed by atoms with Crippen LogP contribution >= 0.6 is 0 Å². The van der Waals surface area contributed by atoms with Gasteiger partial charge < -0.3 is 4.42 Å². The second-order valence-electron chi connectivity index (χ2n) is 3.76. The first-order valence-corrected chi connectivity index (χ1v) is 4.38. The highest BCUT2D eigenvalue weighted by atomic mass is 16.4. The molecule has 0 N–H and O–H groups in total. The minimum atomic E-state index is -0.0414. The lowest BCUT2D eigenvalue weighted by atomic mass is 9.91. The van der Waals surface area contributed by atoms with Gasteiger partial charge in [0.05, 0.1) is 5.57 Å². The van der Waals surface area contributed by atoms with Crippen molar-refractivity contribution < 1.29 is 4.42 Å². The van der Waals surface area contributed by atoms with Crippen molar-refractivity contribution in [3.05, 3.63) is 30.6 Å². The fourth-order valence-corrected chi connectivity index (χ4v) is 1.26. The zero-order valence-corrected chi connectivity index (χ0v) is 8.14. The lowest BCUT2D eigenvalue weighted by Crippen LogP contribution is -2.03. The summed E-state index contributed by atoms with van der Waals surface area (Å²) in [5.41, 5.74) is 0.817. The van der Waals surface area contributed by atoms with Crippen LogP contribution in [0.4, 0.5) is 0 Å². The molecule has 1 aliphatic rings. The third-order valence-corrected chi connectivity index (χ3v) is 1.94. The molecule has 0 atom stereocenters.